The van der Waals surface area contributed by atoms with Crippen molar-refractivity contribution in [2.75, 3.05) is 37.4 Å². The van der Waals surface area contributed by atoms with Crippen molar-refractivity contribution in [3.05, 3.63) is 84.1 Å². The zero-order valence-electron chi connectivity index (χ0n) is 20.4. The molecule has 0 amide bonds. The summed E-state index contributed by atoms with van der Waals surface area (Å²) in [7, 11) is 0.417. The van der Waals surface area contributed by atoms with E-state index in [0.29, 0.717) is 18.0 Å². The molecule has 0 unspecified atom stereocenters. The van der Waals surface area contributed by atoms with Crippen molar-refractivity contribution in [3.63, 3.8) is 0 Å². The van der Waals surface area contributed by atoms with Crippen LogP contribution in [-0.4, -0.2) is 44.9 Å². The number of nitrogens with zero attached hydrogens (tertiary/aromatic N) is 3. The predicted molar refractivity (Wildman–Crippen MR) is 141 cm³/mol. The number of rotatable bonds is 13. The predicted octanol–water partition coefficient (Wildman–Crippen LogP) is 5.32. The number of nitrogens with one attached hydrogen (secondary N) is 1. The van der Waals surface area contributed by atoms with E-state index in [1.54, 1.807) is 22.6 Å². The Morgan fingerprint density at radius 3 is 2.21 bits per heavy atom. The highest BCUT2D eigenvalue weighted by molar-refractivity contribution is 7.89. The Hall–Kier alpha value is -2.90. The quantitative estimate of drug-likeness (QED) is 0.336. The third-order valence-corrected chi connectivity index (χ3v) is 7.64. The summed E-state index contributed by atoms with van der Waals surface area (Å²) in [6.45, 7) is 3.69. The topological polar surface area (TPSA) is 65.5 Å². The Balaban J connectivity index is 1.58. The van der Waals surface area contributed by atoms with Crippen molar-refractivity contribution in [1.82, 2.24) is 9.29 Å². The van der Waals surface area contributed by atoms with Gasteiger partial charge in [0.1, 0.15) is 5.82 Å². The Morgan fingerprint density at radius 2 is 1.56 bits per heavy atom. The number of pyridine rings is 1. The van der Waals surface area contributed by atoms with Crippen LogP contribution in [0.1, 0.15) is 36.8 Å². The number of anilines is 2. The van der Waals surface area contributed by atoms with Gasteiger partial charge in [-0.1, -0.05) is 48.7 Å². The van der Waals surface area contributed by atoms with Crippen LogP contribution < -0.4 is 10.2 Å². The fourth-order valence-electron chi connectivity index (χ4n) is 3.70. The molecule has 3 aromatic rings. The van der Waals surface area contributed by atoms with Crippen molar-refractivity contribution in [3.8, 4) is 0 Å². The maximum Gasteiger partial charge on any atom is 0.243 e. The Morgan fingerprint density at radius 1 is 0.853 bits per heavy atom. The molecule has 0 aliphatic rings. The molecule has 6 nitrogen and oxygen atoms in total. The van der Waals surface area contributed by atoms with Crippen molar-refractivity contribution in [2.24, 2.45) is 0 Å². The molecule has 1 heterocycles. The molecule has 0 saturated carbocycles. The molecule has 1 aromatic heterocycles. The summed E-state index contributed by atoms with van der Waals surface area (Å²) in [4.78, 5) is 6.65. The van der Waals surface area contributed by atoms with E-state index >= 15 is 0 Å². The normalized spacial score (nSPS) is 11.5. The Bertz CT molecular complexity index is 1100. The SMILES string of the molecule is Cc1ccc(S(=O)(=O)N(CCCCCCNc2ccccn2)Cc2ccc(N(C)C)cc2)cc1. The van der Waals surface area contributed by atoms with Crippen molar-refractivity contribution >= 4 is 21.5 Å². The molecule has 1 N–H and O–H groups in total. The van der Waals surface area contributed by atoms with E-state index in [4.69, 9.17) is 0 Å². The van der Waals surface area contributed by atoms with E-state index in [1.165, 1.54) is 0 Å². The first-order valence-corrected chi connectivity index (χ1v) is 13.3. The molecular formula is C27H36N4O2S. The maximum absolute atomic E-state index is 13.4. The second kappa shape index (κ2) is 12.5. The van der Waals surface area contributed by atoms with Crippen molar-refractivity contribution in [1.29, 1.82) is 0 Å². The summed E-state index contributed by atoms with van der Waals surface area (Å²) in [5.41, 5.74) is 3.13. The van der Waals surface area contributed by atoms with Crippen LogP contribution >= 0.6 is 0 Å². The van der Waals surface area contributed by atoms with Crippen LogP contribution in [0.3, 0.4) is 0 Å². The van der Waals surface area contributed by atoms with Gasteiger partial charge in [-0.25, -0.2) is 13.4 Å². The van der Waals surface area contributed by atoms with Crippen molar-refractivity contribution < 1.29 is 8.42 Å². The highest BCUT2D eigenvalue weighted by atomic mass is 32.2. The molecule has 182 valence electrons. The molecule has 0 aliphatic carbocycles. The van der Waals surface area contributed by atoms with Crippen LogP contribution in [0.5, 0.6) is 0 Å². The summed E-state index contributed by atoms with van der Waals surface area (Å²) < 4.78 is 28.5. The molecule has 0 spiro atoms. The average molecular weight is 481 g/mol. The highest BCUT2D eigenvalue weighted by Crippen LogP contribution is 2.21. The summed E-state index contributed by atoms with van der Waals surface area (Å²) in [5, 5.41) is 3.32. The van der Waals surface area contributed by atoms with Gasteiger partial charge in [0.25, 0.3) is 0 Å². The first kappa shape index (κ1) is 25.7. The van der Waals surface area contributed by atoms with E-state index in [9.17, 15) is 8.42 Å². The van der Waals surface area contributed by atoms with Gasteiger partial charge in [0.05, 0.1) is 4.90 Å². The molecule has 0 aliphatic heterocycles. The molecule has 0 saturated heterocycles. The van der Waals surface area contributed by atoms with Crippen molar-refractivity contribution in [2.45, 2.75) is 44.0 Å². The van der Waals surface area contributed by atoms with Gasteiger partial charge >= 0.3 is 0 Å². The minimum atomic E-state index is -3.57. The van der Waals surface area contributed by atoms with E-state index in [0.717, 1.165) is 54.9 Å². The standard InChI is InChI=1S/C27H36N4O2S/c1-23-11-17-26(18-12-23)34(32,33)31(22-24-13-15-25(16-14-24)30(2)3)21-9-5-4-7-19-28-27-10-6-8-20-29-27/h6,8,10-18,20H,4-5,7,9,19,21-22H2,1-3H3,(H,28,29). The van der Waals surface area contributed by atoms with Gasteiger partial charge in [0.15, 0.2) is 0 Å². The lowest BCUT2D eigenvalue weighted by molar-refractivity contribution is 0.392. The molecule has 0 bridgehead atoms. The van der Waals surface area contributed by atoms with E-state index in [-0.39, 0.29) is 0 Å². The monoisotopic (exact) mass is 480 g/mol. The van der Waals surface area contributed by atoms with Crippen LogP contribution in [0.25, 0.3) is 0 Å². The molecule has 0 fully saturated rings. The maximum atomic E-state index is 13.4. The van der Waals surface area contributed by atoms with Gasteiger partial charge in [-0.15, -0.1) is 0 Å². The fourth-order valence-corrected chi connectivity index (χ4v) is 5.16. The summed E-state index contributed by atoms with van der Waals surface area (Å²) in [6.07, 6.45) is 5.64. The third-order valence-electron chi connectivity index (χ3n) is 5.78. The zero-order valence-corrected chi connectivity index (χ0v) is 21.3. The van der Waals surface area contributed by atoms with Gasteiger partial charge in [-0.3, -0.25) is 0 Å². The molecule has 0 radical (unpaired) electrons. The summed E-state index contributed by atoms with van der Waals surface area (Å²) >= 11 is 0. The Labute approximate surface area is 204 Å². The third kappa shape index (κ3) is 7.57. The smallest absolute Gasteiger partial charge is 0.243 e. The minimum absolute atomic E-state index is 0.350. The zero-order chi connectivity index (χ0) is 24.4. The Kier molecular flexibility index (Phi) is 9.48. The second-order valence-corrected chi connectivity index (χ2v) is 10.7. The molecule has 34 heavy (non-hydrogen) atoms. The lowest BCUT2D eigenvalue weighted by Crippen LogP contribution is -2.31. The fraction of sp³-hybridized carbons (Fsp3) is 0.370. The summed E-state index contributed by atoms with van der Waals surface area (Å²) in [6, 6.07) is 21.0. The van der Waals surface area contributed by atoms with Gasteiger partial charge in [0, 0.05) is 45.6 Å². The van der Waals surface area contributed by atoms with Gasteiger partial charge < -0.3 is 10.2 Å². The van der Waals surface area contributed by atoms with Gasteiger partial charge in [0.2, 0.25) is 10.0 Å². The number of benzene rings is 2. The molecule has 3 rings (SSSR count). The lowest BCUT2D eigenvalue weighted by atomic mass is 10.1. The first-order valence-electron chi connectivity index (χ1n) is 11.8. The second-order valence-electron chi connectivity index (χ2n) is 8.77. The number of aryl methyl sites for hydroxylation is 1. The first-order chi connectivity index (χ1) is 16.4. The highest BCUT2D eigenvalue weighted by Gasteiger charge is 2.24. The van der Waals surface area contributed by atoms with E-state index in [2.05, 4.69) is 10.3 Å². The van der Waals surface area contributed by atoms with Crippen LogP contribution in [0.4, 0.5) is 11.5 Å². The molecular weight excluding hydrogens is 444 g/mol. The van der Waals surface area contributed by atoms with Crippen LogP contribution in [0.15, 0.2) is 77.8 Å². The molecule has 0 atom stereocenters. The van der Waals surface area contributed by atoms with E-state index in [1.807, 2.05) is 80.5 Å². The largest absolute Gasteiger partial charge is 0.378 e. The number of sulfonamides is 1. The van der Waals surface area contributed by atoms with E-state index < -0.39 is 10.0 Å². The van der Waals surface area contributed by atoms with Gasteiger partial charge in [-0.05, 0) is 61.7 Å². The minimum Gasteiger partial charge on any atom is -0.378 e. The van der Waals surface area contributed by atoms with Crippen LogP contribution in [0, 0.1) is 6.92 Å². The van der Waals surface area contributed by atoms with Crippen LogP contribution in [0.2, 0.25) is 0 Å². The molecule has 2 aromatic carbocycles. The number of aromatic nitrogens is 1. The average Bonchev–Trinajstić information content (AvgIpc) is 2.84. The number of unbranched alkanes of at least 4 members (excludes halogenated alkanes) is 3. The lowest BCUT2D eigenvalue weighted by Gasteiger charge is -2.23. The molecule has 7 heteroatoms. The number of hydrogen-bond acceptors (Lipinski definition) is 5. The summed E-state index contributed by atoms with van der Waals surface area (Å²) in [5.74, 6) is 0.887. The number of hydrogen-bond donors (Lipinski definition) is 1. The van der Waals surface area contributed by atoms with Gasteiger partial charge in [-0.2, -0.15) is 4.31 Å². The van der Waals surface area contributed by atoms with Crippen LogP contribution in [-0.2, 0) is 16.6 Å².